The van der Waals surface area contributed by atoms with Crippen LogP contribution in [0.15, 0.2) is 42.1 Å². The molecule has 1 heterocycles. The lowest BCUT2D eigenvalue weighted by Gasteiger charge is -2.47. The molecule has 1 saturated carbocycles. The van der Waals surface area contributed by atoms with E-state index in [0.29, 0.717) is 37.3 Å². The third-order valence-electron chi connectivity index (χ3n) is 6.45. The number of nitrogens with zero attached hydrogens (tertiary/aromatic N) is 3. The summed E-state index contributed by atoms with van der Waals surface area (Å²) in [5.41, 5.74) is 2.11. The minimum absolute atomic E-state index is 0.203. The molecule has 3 rings (SSSR count). The minimum Gasteiger partial charge on any atom is -0.383 e. The summed E-state index contributed by atoms with van der Waals surface area (Å²) in [5.74, 6) is 1.19. The second-order valence-corrected chi connectivity index (χ2v) is 9.31. The van der Waals surface area contributed by atoms with Gasteiger partial charge in [-0.15, -0.1) is 0 Å². The zero-order valence-electron chi connectivity index (χ0n) is 19.0. The van der Waals surface area contributed by atoms with E-state index in [4.69, 9.17) is 0 Å². The van der Waals surface area contributed by atoms with Crippen molar-refractivity contribution in [1.29, 1.82) is 0 Å². The molecule has 3 atom stereocenters. The van der Waals surface area contributed by atoms with Gasteiger partial charge in [-0.25, -0.2) is 0 Å². The normalized spacial score (nSPS) is 25.8. The van der Waals surface area contributed by atoms with Crippen molar-refractivity contribution < 1.29 is 9.59 Å². The predicted molar refractivity (Wildman–Crippen MR) is 121 cm³/mol. The van der Waals surface area contributed by atoms with Crippen molar-refractivity contribution in [2.75, 3.05) is 34.2 Å². The number of piperidine rings is 1. The van der Waals surface area contributed by atoms with Crippen LogP contribution in [0, 0.1) is 11.8 Å². The van der Waals surface area contributed by atoms with Crippen molar-refractivity contribution in [1.82, 2.24) is 14.7 Å². The molecule has 1 amide bonds. The highest BCUT2D eigenvalue weighted by Crippen LogP contribution is 2.39. The Labute approximate surface area is 181 Å². The third-order valence-corrected chi connectivity index (χ3v) is 6.45. The molecule has 2 aliphatic rings. The SMILES string of the molecule is CCCN1C[C@@H](CC(=O)N(C)Cc2ccccc2)C[C@@H]2CC(=O)C(=CN(C)C)C[C@H]21. The van der Waals surface area contributed by atoms with Crippen LogP contribution in [-0.2, 0) is 16.1 Å². The smallest absolute Gasteiger partial charge is 0.222 e. The van der Waals surface area contributed by atoms with Gasteiger partial charge in [0.25, 0.3) is 0 Å². The Morgan fingerprint density at radius 1 is 1.17 bits per heavy atom. The number of fused-ring (bicyclic) bond motifs is 1. The quantitative estimate of drug-likeness (QED) is 0.644. The molecule has 5 heteroatoms. The largest absolute Gasteiger partial charge is 0.383 e. The maximum atomic E-state index is 12.9. The number of hydrogen-bond donors (Lipinski definition) is 0. The van der Waals surface area contributed by atoms with Crippen LogP contribution in [0.1, 0.15) is 44.6 Å². The monoisotopic (exact) mass is 411 g/mol. The van der Waals surface area contributed by atoms with E-state index < -0.39 is 0 Å². The molecule has 1 aromatic carbocycles. The van der Waals surface area contributed by atoms with Crippen molar-refractivity contribution >= 4 is 11.7 Å². The van der Waals surface area contributed by atoms with Crippen molar-refractivity contribution in [2.24, 2.45) is 11.8 Å². The van der Waals surface area contributed by atoms with Crippen LogP contribution in [-0.4, -0.2) is 66.7 Å². The Morgan fingerprint density at radius 3 is 2.57 bits per heavy atom. The Bertz CT molecular complexity index is 759. The highest BCUT2D eigenvalue weighted by atomic mass is 16.2. The van der Waals surface area contributed by atoms with Crippen LogP contribution in [0.3, 0.4) is 0 Å². The molecule has 1 saturated heterocycles. The van der Waals surface area contributed by atoms with Gasteiger partial charge in [0.05, 0.1) is 0 Å². The summed E-state index contributed by atoms with van der Waals surface area (Å²) in [6, 6.07) is 10.6. The Balaban J connectivity index is 1.64. The second kappa shape index (κ2) is 10.3. The van der Waals surface area contributed by atoms with Crippen LogP contribution in [0.5, 0.6) is 0 Å². The van der Waals surface area contributed by atoms with E-state index in [0.717, 1.165) is 43.5 Å². The summed E-state index contributed by atoms with van der Waals surface area (Å²) < 4.78 is 0. The van der Waals surface area contributed by atoms with Crippen LogP contribution in [0.4, 0.5) is 0 Å². The summed E-state index contributed by atoms with van der Waals surface area (Å²) in [5, 5.41) is 0. The highest BCUT2D eigenvalue weighted by Gasteiger charge is 2.41. The molecule has 1 aliphatic carbocycles. The van der Waals surface area contributed by atoms with Gasteiger partial charge in [-0.2, -0.15) is 0 Å². The summed E-state index contributed by atoms with van der Waals surface area (Å²) in [6.45, 7) is 4.86. The van der Waals surface area contributed by atoms with Gasteiger partial charge in [-0.05, 0) is 43.2 Å². The van der Waals surface area contributed by atoms with Gasteiger partial charge in [-0.3, -0.25) is 14.5 Å². The number of Topliss-reactive ketones (excluding diaryl/α,β-unsaturated/α-hetero) is 1. The number of carbonyl (C=O) groups is 2. The zero-order valence-corrected chi connectivity index (χ0v) is 19.0. The molecule has 0 radical (unpaired) electrons. The first-order valence-electron chi connectivity index (χ1n) is 11.3. The molecular formula is C25H37N3O2. The van der Waals surface area contributed by atoms with Crippen molar-refractivity contribution in [2.45, 2.75) is 51.6 Å². The molecule has 0 unspecified atom stereocenters. The van der Waals surface area contributed by atoms with E-state index in [2.05, 4.69) is 24.0 Å². The number of carbonyl (C=O) groups excluding carboxylic acids is 2. The molecule has 2 fully saturated rings. The average molecular weight is 412 g/mol. The predicted octanol–water partition coefficient (Wildman–Crippen LogP) is 3.56. The lowest BCUT2D eigenvalue weighted by Crippen LogP contribution is -2.52. The molecular weight excluding hydrogens is 374 g/mol. The van der Waals surface area contributed by atoms with E-state index in [1.807, 2.05) is 55.3 Å². The standard InChI is InChI=1S/C25H37N3O2/c1-5-11-28-17-20(13-25(30)27(4)16-19-9-7-6-8-10-19)12-21-15-24(29)22(14-23(21)28)18-26(2)3/h6-10,18,20-21,23H,5,11-17H2,1-4H3/t20-,21-,23-/m1/s1. The first-order chi connectivity index (χ1) is 14.4. The number of hydrogen-bond acceptors (Lipinski definition) is 4. The van der Waals surface area contributed by atoms with Crippen LogP contribution >= 0.6 is 0 Å². The molecule has 0 bridgehead atoms. The van der Waals surface area contributed by atoms with E-state index in [-0.39, 0.29) is 11.7 Å². The lowest BCUT2D eigenvalue weighted by molar-refractivity contribution is -0.132. The van der Waals surface area contributed by atoms with Crippen LogP contribution < -0.4 is 0 Å². The van der Waals surface area contributed by atoms with Crippen LogP contribution in [0.2, 0.25) is 0 Å². The van der Waals surface area contributed by atoms with E-state index in [1.54, 1.807) is 0 Å². The highest BCUT2D eigenvalue weighted by molar-refractivity contribution is 5.96. The summed E-state index contributed by atoms with van der Waals surface area (Å²) in [7, 11) is 5.85. The van der Waals surface area contributed by atoms with Gasteiger partial charge in [-0.1, -0.05) is 37.3 Å². The zero-order chi connectivity index (χ0) is 21.7. The first kappa shape index (κ1) is 22.5. The number of rotatable bonds is 7. The Morgan fingerprint density at radius 2 is 1.90 bits per heavy atom. The van der Waals surface area contributed by atoms with Crippen molar-refractivity contribution in [3.63, 3.8) is 0 Å². The van der Waals surface area contributed by atoms with Gasteiger partial charge >= 0.3 is 0 Å². The maximum absolute atomic E-state index is 12.9. The number of likely N-dealkylation sites (tertiary alicyclic amines) is 1. The molecule has 0 aromatic heterocycles. The van der Waals surface area contributed by atoms with Gasteiger partial charge in [0.1, 0.15) is 0 Å². The fourth-order valence-electron chi connectivity index (χ4n) is 5.13. The summed E-state index contributed by atoms with van der Waals surface area (Å²) in [6.07, 6.45) is 6.11. The molecule has 0 N–H and O–H groups in total. The van der Waals surface area contributed by atoms with Crippen molar-refractivity contribution in [3.8, 4) is 0 Å². The van der Waals surface area contributed by atoms with E-state index in [1.165, 1.54) is 0 Å². The first-order valence-corrected chi connectivity index (χ1v) is 11.3. The topological polar surface area (TPSA) is 43.9 Å². The molecule has 164 valence electrons. The minimum atomic E-state index is 0.203. The maximum Gasteiger partial charge on any atom is 0.222 e. The second-order valence-electron chi connectivity index (χ2n) is 9.31. The van der Waals surface area contributed by atoms with E-state index in [9.17, 15) is 9.59 Å². The van der Waals surface area contributed by atoms with E-state index >= 15 is 0 Å². The Kier molecular flexibility index (Phi) is 7.70. The molecule has 0 spiro atoms. The summed E-state index contributed by atoms with van der Waals surface area (Å²) in [4.78, 5) is 32.0. The fourth-order valence-corrected chi connectivity index (χ4v) is 5.13. The molecule has 1 aliphatic heterocycles. The molecule has 30 heavy (non-hydrogen) atoms. The van der Waals surface area contributed by atoms with Crippen LogP contribution in [0.25, 0.3) is 0 Å². The van der Waals surface area contributed by atoms with Gasteiger partial charge in [0, 0.05) is 64.9 Å². The van der Waals surface area contributed by atoms with Gasteiger partial charge in [0.15, 0.2) is 5.78 Å². The average Bonchev–Trinajstić information content (AvgIpc) is 2.69. The number of ketones is 1. The van der Waals surface area contributed by atoms with Crippen molar-refractivity contribution in [3.05, 3.63) is 47.7 Å². The third kappa shape index (κ3) is 5.72. The molecule has 1 aromatic rings. The summed E-state index contributed by atoms with van der Waals surface area (Å²) >= 11 is 0. The number of amides is 1. The number of benzene rings is 1. The lowest BCUT2D eigenvalue weighted by atomic mass is 9.72. The van der Waals surface area contributed by atoms with Gasteiger partial charge in [0.2, 0.25) is 5.91 Å². The fraction of sp³-hybridized carbons (Fsp3) is 0.600. The Hall–Kier alpha value is -2.14. The molecule has 5 nitrogen and oxygen atoms in total. The van der Waals surface area contributed by atoms with Gasteiger partial charge < -0.3 is 9.80 Å².